The highest BCUT2D eigenvalue weighted by Crippen LogP contribution is 2.38. The van der Waals surface area contributed by atoms with E-state index in [1.165, 1.54) is 30.3 Å². The fourth-order valence-corrected chi connectivity index (χ4v) is 4.46. The number of thioether (sulfide) groups is 1. The van der Waals surface area contributed by atoms with Crippen molar-refractivity contribution in [2.45, 2.75) is 6.18 Å². The number of anilines is 1. The van der Waals surface area contributed by atoms with Crippen LogP contribution < -0.4 is 4.90 Å². The Hall–Kier alpha value is -3.44. The second kappa shape index (κ2) is 8.49. The van der Waals surface area contributed by atoms with E-state index in [1.807, 2.05) is 0 Å². The third-order valence-electron chi connectivity index (χ3n) is 4.73. The fraction of sp³-hybridized carbons (Fsp3) is 0.0455. The molecule has 0 spiro atoms. The summed E-state index contributed by atoms with van der Waals surface area (Å²) in [4.78, 5) is 28.2. The number of nitrogens with one attached hydrogen (secondary N) is 1. The lowest BCUT2D eigenvalue weighted by Gasteiger charge is -2.16. The number of hydrogen-bond acceptors (Lipinski definition) is 4. The molecule has 1 aliphatic heterocycles. The van der Waals surface area contributed by atoms with Crippen LogP contribution in [0.3, 0.4) is 0 Å². The van der Waals surface area contributed by atoms with Gasteiger partial charge in [0, 0.05) is 11.4 Å². The minimum absolute atomic E-state index is 0.00964. The summed E-state index contributed by atoms with van der Waals surface area (Å²) < 4.78 is 52.8. The number of aromatic nitrogens is 1. The highest BCUT2D eigenvalue weighted by atomic mass is 32.2. The average molecular weight is 492 g/mol. The number of hydrogen-bond donors (Lipinski definition) is 2. The molecule has 2 aromatic carbocycles. The van der Waals surface area contributed by atoms with Gasteiger partial charge in [-0.05, 0) is 60.2 Å². The first-order valence-electron chi connectivity index (χ1n) is 9.22. The fourth-order valence-electron chi connectivity index (χ4n) is 3.17. The molecule has 1 aliphatic rings. The van der Waals surface area contributed by atoms with E-state index >= 15 is 0 Å². The zero-order chi connectivity index (χ0) is 23.9. The summed E-state index contributed by atoms with van der Waals surface area (Å²) in [5.74, 6) is -2.84. The van der Waals surface area contributed by atoms with Gasteiger partial charge in [-0.3, -0.25) is 9.69 Å². The number of aromatic carboxylic acids is 1. The maximum absolute atomic E-state index is 13.6. The SMILES string of the molecule is O=C(O)c1cc(-c2ccc(/C=C3\SC(=S)N(c4cccc(C(F)(F)F)c4)C3=O)[nH]2)ccc1F. The molecule has 5 nitrogen and oxygen atoms in total. The van der Waals surface area contributed by atoms with Crippen molar-refractivity contribution in [1.29, 1.82) is 0 Å². The number of carbonyl (C=O) groups is 2. The topological polar surface area (TPSA) is 73.4 Å². The number of carbonyl (C=O) groups excluding carboxylic acids is 1. The highest BCUT2D eigenvalue weighted by molar-refractivity contribution is 8.27. The molecule has 0 unspecified atom stereocenters. The molecular formula is C22H12F4N2O3S2. The summed E-state index contributed by atoms with van der Waals surface area (Å²) in [5.41, 5.74) is 0.00546. The summed E-state index contributed by atoms with van der Waals surface area (Å²) in [5, 5.41) is 9.09. The van der Waals surface area contributed by atoms with Gasteiger partial charge in [0.2, 0.25) is 0 Å². The highest BCUT2D eigenvalue weighted by Gasteiger charge is 2.36. The van der Waals surface area contributed by atoms with Crippen LogP contribution in [0.1, 0.15) is 21.6 Å². The van der Waals surface area contributed by atoms with Gasteiger partial charge in [0.15, 0.2) is 4.32 Å². The molecule has 1 amide bonds. The molecule has 168 valence electrons. The molecule has 0 atom stereocenters. The van der Waals surface area contributed by atoms with E-state index in [-0.39, 0.29) is 14.9 Å². The average Bonchev–Trinajstić information content (AvgIpc) is 3.32. The van der Waals surface area contributed by atoms with Gasteiger partial charge in [-0.15, -0.1) is 0 Å². The number of carboxylic acid groups (broad SMARTS) is 1. The van der Waals surface area contributed by atoms with E-state index in [4.69, 9.17) is 17.3 Å². The van der Waals surface area contributed by atoms with Gasteiger partial charge in [-0.2, -0.15) is 13.2 Å². The largest absolute Gasteiger partial charge is 0.478 e. The van der Waals surface area contributed by atoms with Crippen LogP contribution in [-0.2, 0) is 11.0 Å². The number of alkyl halides is 3. The van der Waals surface area contributed by atoms with Crippen LogP contribution in [0.2, 0.25) is 0 Å². The number of benzene rings is 2. The summed E-state index contributed by atoms with van der Waals surface area (Å²) in [6.07, 6.45) is -3.08. The molecular weight excluding hydrogens is 480 g/mol. The summed E-state index contributed by atoms with van der Waals surface area (Å²) in [6, 6.07) is 11.2. The molecule has 4 rings (SSSR count). The molecule has 11 heteroatoms. The maximum Gasteiger partial charge on any atom is 0.416 e. The Morgan fingerprint density at radius 1 is 1.12 bits per heavy atom. The zero-order valence-corrected chi connectivity index (χ0v) is 17.9. The van der Waals surface area contributed by atoms with Crippen LogP contribution in [0.4, 0.5) is 23.2 Å². The van der Waals surface area contributed by atoms with Crippen molar-refractivity contribution in [3.63, 3.8) is 0 Å². The summed E-state index contributed by atoms with van der Waals surface area (Å²) in [7, 11) is 0. The van der Waals surface area contributed by atoms with Crippen molar-refractivity contribution in [3.8, 4) is 11.3 Å². The number of nitrogens with zero attached hydrogens (tertiary/aromatic N) is 1. The van der Waals surface area contributed by atoms with Crippen LogP contribution >= 0.6 is 24.0 Å². The quantitative estimate of drug-likeness (QED) is 0.268. The Kier molecular flexibility index (Phi) is 5.85. The minimum Gasteiger partial charge on any atom is -0.478 e. The molecule has 0 saturated carbocycles. The standard InChI is InChI=1S/C22H12F4N2O3S2/c23-16-6-4-11(8-15(16)20(30)31)17-7-5-13(27-17)10-18-19(29)28(21(32)33-18)14-3-1-2-12(9-14)22(24,25)26/h1-10,27H,(H,30,31)/b18-10-. The molecule has 2 heterocycles. The molecule has 33 heavy (non-hydrogen) atoms. The second-order valence-electron chi connectivity index (χ2n) is 6.89. The first-order chi connectivity index (χ1) is 15.5. The normalized spacial score (nSPS) is 15.5. The van der Waals surface area contributed by atoms with E-state index in [0.29, 0.717) is 17.0 Å². The molecule has 3 aromatic rings. The van der Waals surface area contributed by atoms with E-state index in [0.717, 1.165) is 34.9 Å². The first-order valence-corrected chi connectivity index (χ1v) is 10.4. The number of aromatic amines is 1. The molecule has 1 fully saturated rings. The molecule has 0 aliphatic carbocycles. The zero-order valence-electron chi connectivity index (χ0n) is 16.3. The van der Waals surface area contributed by atoms with Crippen molar-refractivity contribution >= 4 is 51.9 Å². The van der Waals surface area contributed by atoms with E-state index in [9.17, 15) is 27.2 Å². The molecule has 0 radical (unpaired) electrons. The van der Waals surface area contributed by atoms with Gasteiger partial charge in [-0.1, -0.05) is 30.0 Å². The van der Waals surface area contributed by atoms with Crippen LogP contribution in [0.15, 0.2) is 59.5 Å². The first kappa shape index (κ1) is 22.7. The van der Waals surface area contributed by atoms with E-state index in [1.54, 1.807) is 12.1 Å². The molecule has 2 N–H and O–H groups in total. The molecule has 1 saturated heterocycles. The maximum atomic E-state index is 13.6. The Bertz CT molecular complexity index is 1330. The van der Waals surface area contributed by atoms with Crippen molar-refractivity contribution in [2.24, 2.45) is 0 Å². The van der Waals surface area contributed by atoms with Gasteiger partial charge in [0.25, 0.3) is 5.91 Å². The van der Waals surface area contributed by atoms with Crippen molar-refractivity contribution in [3.05, 3.63) is 82.1 Å². The monoisotopic (exact) mass is 492 g/mol. The van der Waals surface area contributed by atoms with Crippen molar-refractivity contribution in [2.75, 3.05) is 4.90 Å². The lowest BCUT2D eigenvalue weighted by atomic mass is 10.1. The lowest BCUT2D eigenvalue weighted by Crippen LogP contribution is -2.27. The lowest BCUT2D eigenvalue weighted by molar-refractivity contribution is -0.137. The smallest absolute Gasteiger partial charge is 0.416 e. The van der Waals surface area contributed by atoms with Crippen molar-refractivity contribution in [1.82, 2.24) is 4.98 Å². The predicted octanol–water partition coefficient (Wildman–Crippen LogP) is 5.94. The van der Waals surface area contributed by atoms with Crippen molar-refractivity contribution < 1.29 is 32.3 Å². The molecule has 0 bridgehead atoms. The Balaban J connectivity index is 1.61. The van der Waals surface area contributed by atoms with Gasteiger partial charge >= 0.3 is 12.1 Å². The van der Waals surface area contributed by atoms with Crippen LogP contribution in [-0.4, -0.2) is 26.3 Å². The minimum atomic E-state index is -4.56. The van der Waals surface area contributed by atoms with Crippen LogP contribution in [0, 0.1) is 5.82 Å². The third-order valence-corrected chi connectivity index (χ3v) is 6.03. The Morgan fingerprint density at radius 3 is 2.58 bits per heavy atom. The number of amides is 1. The predicted molar refractivity (Wildman–Crippen MR) is 120 cm³/mol. The number of carboxylic acids is 1. The van der Waals surface area contributed by atoms with Crippen LogP contribution in [0.5, 0.6) is 0 Å². The molecule has 1 aromatic heterocycles. The van der Waals surface area contributed by atoms with Gasteiger partial charge < -0.3 is 10.1 Å². The van der Waals surface area contributed by atoms with E-state index < -0.39 is 35.0 Å². The Labute approximate surface area is 193 Å². The number of H-pyrrole nitrogens is 1. The van der Waals surface area contributed by atoms with Gasteiger partial charge in [0.05, 0.1) is 21.7 Å². The second-order valence-corrected chi connectivity index (χ2v) is 8.57. The number of rotatable bonds is 4. The van der Waals surface area contributed by atoms with Gasteiger partial charge in [-0.25, -0.2) is 9.18 Å². The van der Waals surface area contributed by atoms with E-state index in [2.05, 4.69) is 4.98 Å². The summed E-state index contributed by atoms with van der Waals surface area (Å²) >= 11 is 6.15. The van der Waals surface area contributed by atoms with Crippen LogP contribution in [0.25, 0.3) is 17.3 Å². The third kappa shape index (κ3) is 4.55. The summed E-state index contributed by atoms with van der Waals surface area (Å²) in [6.45, 7) is 0. The Morgan fingerprint density at radius 2 is 1.88 bits per heavy atom. The van der Waals surface area contributed by atoms with Gasteiger partial charge in [0.1, 0.15) is 5.82 Å². The number of thiocarbonyl (C=S) groups is 1. The number of halogens is 4.